The molecule has 3 aromatic carbocycles. The fraction of sp³-hybridized carbons (Fsp3) is 0.136. The molecule has 0 radical (unpaired) electrons. The molecule has 0 fully saturated rings. The Bertz CT molecular complexity index is 968. The van der Waals surface area contributed by atoms with Gasteiger partial charge in [-0.05, 0) is 41.0 Å². The summed E-state index contributed by atoms with van der Waals surface area (Å²) in [6.07, 6.45) is -4.95. The SMILES string of the molecule is O=C(O)Cc1ccc(OCc2ccccc2)c(-c2ccc(OC(F)(F)F)cc2)c1. The van der Waals surface area contributed by atoms with Crippen molar-refractivity contribution >= 4 is 5.97 Å². The van der Waals surface area contributed by atoms with E-state index in [2.05, 4.69) is 4.74 Å². The summed E-state index contributed by atoms with van der Waals surface area (Å²) in [6, 6.07) is 19.8. The van der Waals surface area contributed by atoms with Crippen molar-refractivity contribution in [3.05, 3.63) is 83.9 Å². The number of aliphatic carboxylic acids is 1. The normalized spacial score (nSPS) is 11.1. The van der Waals surface area contributed by atoms with Crippen LogP contribution < -0.4 is 9.47 Å². The van der Waals surface area contributed by atoms with Crippen LogP contribution in [0.5, 0.6) is 11.5 Å². The maximum Gasteiger partial charge on any atom is 0.573 e. The molecule has 0 unspecified atom stereocenters. The van der Waals surface area contributed by atoms with Crippen LogP contribution in [0.1, 0.15) is 11.1 Å². The predicted octanol–water partition coefficient (Wildman–Crippen LogP) is 5.46. The zero-order valence-corrected chi connectivity index (χ0v) is 15.1. The summed E-state index contributed by atoms with van der Waals surface area (Å²) in [5.74, 6) is -0.829. The minimum absolute atomic E-state index is 0.179. The molecule has 0 aliphatic carbocycles. The van der Waals surface area contributed by atoms with Crippen molar-refractivity contribution in [2.24, 2.45) is 0 Å². The average molecular weight is 402 g/mol. The Morgan fingerprint density at radius 1 is 0.897 bits per heavy atom. The van der Waals surface area contributed by atoms with Crippen LogP contribution in [0.2, 0.25) is 0 Å². The summed E-state index contributed by atoms with van der Waals surface area (Å²) in [7, 11) is 0. The molecule has 7 heteroatoms. The molecule has 0 atom stereocenters. The van der Waals surface area contributed by atoms with Gasteiger partial charge >= 0.3 is 12.3 Å². The van der Waals surface area contributed by atoms with E-state index in [-0.39, 0.29) is 12.2 Å². The molecule has 29 heavy (non-hydrogen) atoms. The zero-order valence-electron chi connectivity index (χ0n) is 15.1. The summed E-state index contributed by atoms with van der Waals surface area (Å²) in [5, 5.41) is 9.04. The highest BCUT2D eigenvalue weighted by Gasteiger charge is 2.31. The van der Waals surface area contributed by atoms with Gasteiger partial charge in [-0.15, -0.1) is 13.2 Å². The molecule has 0 saturated heterocycles. The smallest absolute Gasteiger partial charge is 0.488 e. The van der Waals surface area contributed by atoms with E-state index in [1.807, 2.05) is 30.3 Å². The van der Waals surface area contributed by atoms with E-state index in [0.717, 1.165) is 5.56 Å². The molecule has 3 aromatic rings. The highest BCUT2D eigenvalue weighted by molar-refractivity contribution is 5.75. The minimum atomic E-state index is -4.77. The Kier molecular flexibility index (Phi) is 6.07. The summed E-state index contributed by atoms with van der Waals surface area (Å²) < 4.78 is 46.9. The summed E-state index contributed by atoms with van der Waals surface area (Å²) in [4.78, 5) is 11.0. The third kappa shape index (κ3) is 6.00. The van der Waals surface area contributed by atoms with E-state index in [1.165, 1.54) is 24.3 Å². The third-order valence-corrected chi connectivity index (χ3v) is 4.04. The standard InChI is InChI=1S/C22H17F3O4/c23-22(24,25)29-18-9-7-17(8-10-18)19-12-16(13-21(26)27)6-11-20(19)28-14-15-4-2-1-3-5-15/h1-12H,13-14H2,(H,26,27). The van der Waals surface area contributed by atoms with Gasteiger partial charge in [0.25, 0.3) is 0 Å². The van der Waals surface area contributed by atoms with Crippen LogP contribution in [-0.2, 0) is 17.8 Å². The lowest BCUT2D eigenvalue weighted by molar-refractivity contribution is -0.274. The number of carboxylic acids is 1. The highest BCUT2D eigenvalue weighted by atomic mass is 19.4. The molecule has 3 rings (SSSR count). The van der Waals surface area contributed by atoms with E-state index in [1.54, 1.807) is 18.2 Å². The fourth-order valence-corrected chi connectivity index (χ4v) is 2.78. The summed E-state index contributed by atoms with van der Waals surface area (Å²) in [5.41, 5.74) is 2.66. The maximum atomic E-state index is 12.4. The number of hydrogen-bond acceptors (Lipinski definition) is 3. The first-order chi connectivity index (χ1) is 13.8. The van der Waals surface area contributed by atoms with Crippen molar-refractivity contribution in [2.75, 3.05) is 0 Å². The second-order valence-corrected chi connectivity index (χ2v) is 6.25. The number of rotatable bonds is 7. The maximum absolute atomic E-state index is 12.4. The number of alkyl halides is 3. The lowest BCUT2D eigenvalue weighted by atomic mass is 10.0. The van der Waals surface area contributed by atoms with Crippen LogP contribution >= 0.6 is 0 Å². The molecular weight excluding hydrogens is 385 g/mol. The second-order valence-electron chi connectivity index (χ2n) is 6.25. The van der Waals surface area contributed by atoms with Crippen LogP contribution in [-0.4, -0.2) is 17.4 Å². The molecule has 0 spiro atoms. The molecule has 0 heterocycles. The average Bonchev–Trinajstić information content (AvgIpc) is 2.67. The fourth-order valence-electron chi connectivity index (χ4n) is 2.78. The molecule has 0 amide bonds. The molecule has 0 aliphatic heterocycles. The van der Waals surface area contributed by atoms with Crippen LogP contribution in [0.4, 0.5) is 13.2 Å². The number of hydrogen-bond donors (Lipinski definition) is 1. The van der Waals surface area contributed by atoms with Gasteiger partial charge in [0.05, 0.1) is 6.42 Å². The molecule has 0 saturated carbocycles. The van der Waals surface area contributed by atoms with Gasteiger partial charge in [0.15, 0.2) is 0 Å². The molecule has 1 N–H and O–H groups in total. The topological polar surface area (TPSA) is 55.8 Å². The van der Waals surface area contributed by atoms with E-state index in [0.29, 0.717) is 29.0 Å². The summed E-state index contributed by atoms with van der Waals surface area (Å²) >= 11 is 0. The van der Waals surface area contributed by atoms with Gasteiger partial charge in [-0.25, -0.2) is 0 Å². The molecule has 0 aliphatic rings. The largest absolute Gasteiger partial charge is 0.573 e. The van der Waals surface area contributed by atoms with E-state index < -0.39 is 12.3 Å². The van der Waals surface area contributed by atoms with Gasteiger partial charge < -0.3 is 14.6 Å². The Morgan fingerprint density at radius 2 is 1.59 bits per heavy atom. The zero-order chi connectivity index (χ0) is 20.9. The Labute approximate surface area is 165 Å². The molecule has 0 aromatic heterocycles. The van der Waals surface area contributed by atoms with Gasteiger partial charge in [0.2, 0.25) is 0 Å². The number of carboxylic acid groups (broad SMARTS) is 1. The third-order valence-electron chi connectivity index (χ3n) is 4.04. The van der Waals surface area contributed by atoms with Gasteiger partial charge in [-0.3, -0.25) is 4.79 Å². The Balaban J connectivity index is 1.89. The van der Waals surface area contributed by atoms with Crippen LogP contribution in [0.25, 0.3) is 11.1 Å². The van der Waals surface area contributed by atoms with Crippen molar-refractivity contribution in [1.82, 2.24) is 0 Å². The monoisotopic (exact) mass is 402 g/mol. The first kappa shape index (κ1) is 20.3. The van der Waals surface area contributed by atoms with Gasteiger partial charge in [-0.2, -0.15) is 0 Å². The van der Waals surface area contributed by atoms with E-state index in [9.17, 15) is 18.0 Å². The number of benzene rings is 3. The van der Waals surface area contributed by atoms with Crippen LogP contribution in [0, 0.1) is 0 Å². The molecule has 4 nitrogen and oxygen atoms in total. The predicted molar refractivity (Wildman–Crippen MR) is 101 cm³/mol. The summed E-state index contributed by atoms with van der Waals surface area (Å²) in [6.45, 7) is 0.293. The first-order valence-corrected chi connectivity index (χ1v) is 8.68. The van der Waals surface area contributed by atoms with Gasteiger partial charge in [0, 0.05) is 5.56 Å². The van der Waals surface area contributed by atoms with Crippen molar-refractivity contribution in [2.45, 2.75) is 19.4 Å². The quantitative estimate of drug-likeness (QED) is 0.570. The molecular formula is C22H17F3O4. The lowest BCUT2D eigenvalue weighted by Crippen LogP contribution is -2.16. The number of ether oxygens (including phenoxy) is 2. The highest BCUT2D eigenvalue weighted by Crippen LogP contribution is 2.34. The number of carbonyl (C=O) groups is 1. The Morgan fingerprint density at radius 3 is 2.21 bits per heavy atom. The molecule has 150 valence electrons. The Hall–Kier alpha value is -3.48. The van der Waals surface area contributed by atoms with E-state index in [4.69, 9.17) is 9.84 Å². The first-order valence-electron chi connectivity index (χ1n) is 8.68. The van der Waals surface area contributed by atoms with Crippen molar-refractivity contribution in [3.63, 3.8) is 0 Å². The van der Waals surface area contributed by atoms with Crippen molar-refractivity contribution < 1.29 is 32.5 Å². The lowest BCUT2D eigenvalue weighted by Gasteiger charge is -2.14. The molecule has 0 bridgehead atoms. The second kappa shape index (κ2) is 8.68. The van der Waals surface area contributed by atoms with Gasteiger partial charge in [0.1, 0.15) is 18.1 Å². The van der Waals surface area contributed by atoms with Gasteiger partial charge in [-0.1, -0.05) is 48.5 Å². The minimum Gasteiger partial charge on any atom is -0.488 e. The van der Waals surface area contributed by atoms with Crippen molar-refractivity contribution in [1.29, 1.82) is 0 Å². The van der Waals surface area contributed by atoms with E-state index >= 15 is 0 Å². The van der Waals surface area contributed by atoms with Crippen molar-refractivity contribution in [3.8, 4) is 22.6 Å². The van der Waals surface area contributed by atoms with Crippen LogP contribution in [0.3, 0.4) is 0 Å². The van der Waals surface area contributed by atoms with Crippen LogP contribution in [0.15, 0.2) is 72.8 Å². The number of halogens is 3.